The maximum Gasteiger partial charge on any atom is 0.165 e. The summed E-state index contributed by atoms with van der Waals surface area (Å²) >= 11 is 0. The van der Waals surface area contributed by atoms with E-state index >= 15 is 0 Å². The molecule has 3 nitrogen and oxygen atoms in total. The van der Waals surface area contributed by atoms with Crippen LogP contribution in [0.2, 0.25) is 0 Å². The molecule has 46 heavy (non-hydrogen) atoms. The predicted octanol–water partition coefficient (Wildman–Crippen LogP) is 11.0. The van der Waals surface area contributed by atoms with Gasteiger partial charge in [0.05, 0.1) is 22.1 Å². The summed E-state index contributed by atoms with van der Waals surface area (Å²) in [4.78, 5) is 10.9. The molecule has 0 radical (unpaired) electrons. The maximum atomic E-state index is 5.49. The van der Waals surface area contributed by atoms with Gasteiger partial charge in [-0.3, -0.25) is 4.57 Å². The molecule has 0 bridgehead atoms. The van der Waals surface area contributed by atoms with Crippen molar-refractivity contribution in [2.75, 3.05) is 0 Å². The first-order valence-electron chi connectivity index (χ1n) is 15.9. The molecule has 0 spiro atoms. The molecule has 0 saturated heterocycles. The summed E-state index contributed by atoms with van der Waals surface area (Å²) in [7, 11) is 0. The van der Waals surface area contributed by atoms with E-state index in [2.05, 4.69) is 158 Å². The van der Waals surface area contributed by atoms with Crippen LogP contribution >= 0.6 is 0 Å². The van der Waals surface area contributed by atoms with Crippen LogP contribution in [-0.2, 0) is 5.41 Å². The molecule has 1 aliphatic carbocycles. The van der Waals surface area contributed by atoms with Crippen LogP contribution < -0.4 is 0 Å². The quantitative estimate of drug-likeness (QED) is 0.188. The Labute approximate surface area is 266 Å². The Bertz CT molecular complexity index is 2720. The molecule has 0 amide bonds. The Hall–Kier alpha value is -5.80. The lowest BCUT2D eigenvalue weighted by atomic mass is 9.80. The van der Waals surface area contributed by atoms with Crippen LogP contribution in [-0.4, -0.2) is 14.5 Å². The molecule has 7 aromatic carbocycles. The van der Waals surface area contributed by atoms with Gasteiger partial charge in [0.25, 0.3) is 0 Å². The molecular weight excluding hydrogens is 558 g/mol. The average Bonchev–Trinajstić information content (AvgIpc) is 3.54. The minimum atomic E-state index is -0.160. The molecule has 3 heteroatoms. The van der Waals surface area contributed by atoms with Crippen LogP contribution in [0.5, 0.6) is 0 Å². The van der Waals surface area contributed by atoms with Gasteiger partial charge >= 0.3 is 0 Å². The fourth-order valence-electron chi connectivity index (χ4n) is 8.02. The fourth-order valence-corrected chi connectivity index (χ4v) is 8.02. The van der Waals surface area contributed by atoms with Gasteiger partial charge in [0, 0.05) is 27.1 Å². The van der Waals surface area contributed by atoms with E-state index in [9.17, 15) is 0 Å². The number of rotatable bonds is 2. The molecule has 2 heterocycles. The molecule has 0 aliphatic heterocycles. The van der Waals surface area contributed by atoms with Gasteiger partial charge in [-0.1, -0.05) is 129 Å². The first-order valence-corrected chi connectivity index (χ1v) is 15.9. The van der Waals surface area contributed by atoms with Gasteiger partial charge in [0.2, 0.25) is 0 Å². The topological polar surface area (TPSA) is 30.7 Å². The summed E-state index contributed by atoms with van der Waals surface area (Å²) in [6.07, 6.45) is 0. The van der Waals surface area contributed by atoms with Crippen molar-refractivity contribution in [2.45, 2.75) is 19.3 Å². The van der Waals surface area contributed by atoms with Crippen LogP contribution in [0, 0.1) is 0 Å². The van der Waals surface area contributed by atoms with Crippen molar-refractivity contribution in [3.05, 3.63) is 151 Å². The zero-order valence-corrected chi connectivity index (χ0v) is 25.6. The van der Waals surface area contributed by atoms with Crippen molar-refractivity contribution >= 4 is 54.4 Å². The molecular formula is C43H29N3. The van der Waals surface area contributed by atoms with Crippen LogP contribution in [0.3, 0.4) is 0 Å². The van der Waals surface area contributed by atoms with Crippen molar-refractivity contribution in [3.63, 3.8) is 0 Å². The first kappa shape index (κ1) is 25.5. The predicted molar refractivity (Wildman–Crippen MR) is 192 cm³/mol. The van der Waals surface area contributed by atoms with E-state index in [-0.39, 0.29) is 5.41 Å². The number of hydrogen-bond donors (Lipinski definition) is 0. The highest BCUT2D eigenvalue weighted by Crippen LogP contribution is 2.53. The van der Waals surface area contributed by atoms with Crippen LogP contribution in [0.15, 0.2) is 140 Å². The lowest BCUT2D eigenvalue weighted by Crippen LogP contribution is -2.15. The van der Waals surface area contributed by atoms with Crippen molar-refractivity contribution in [1.82, 2.24) is 14.5 Å². The largest absolute Gasteiger partial charge is 0.292 e. The third kappa shape index (κ3) is 3.37. The number of benzene rings is 7. The Kier molecular flexibility index (Phi) is 5.06. The maximum absolute atomic E-state index is 5.49. The zero-order chi connectivity index (χ0) is 30.6. The zero-order valence-electron chi connectivity index (χ0n) is 25.6. The molecule has 0 N–H and O–H groups in total. The highest BCUT2D eigenvalue weighted by Gasteiger charge is 2.38. The molecule has 0 fully saturated rings. The molecule has 10 rings (SSSR count). The van der Waals surface area contributed by atoms with E-state index in [0.717, 1.165) is 49.9 Å². The van der Waals surface area contributed by atoms with Crippen molar-refractivity contribution in [2.24, 2.45) is 0 Å². The fraction of sp³-hybridized carbons (Fsp3) is 0.0698. The number of hydrogen-bond acceptors (Lipinski definition) is 2. The summed E-state index contributed by atoms with van der Waals surface area (Å²) in [5.74, 6) is 0.845. The van der Waals surface area contributed by atoms with E-state index in [0.29, 0.717) is 0 Å². The van der Waals surface area contributed by atoms with Gasteiger partial charge in [0.1, 0.15) is 5.69 Å². The summed E-state index contributed by atoms with van der Waals surface area (Å²) in [5.41, 5.74) is 11.3. The van der Waals surface area contributed by atoms with Gasteiger partial charge in [-0.05, 0) is 62.7 Å². The summed E-state index contributed by atoms with van der Waals surface area (Å²) in [6.45, 7) is 4.75. The highest BCUT2D eigenvalue weighted by molar-refractivity contribution is 6.18. The van der Waals surface area contributed by atoms with Crippen LogP contribution in [0.1, 0.15) is 25.0 Å². The summed E-state index contributed by atoms with van der Waals surface area (Å²) in [6, 6.07) is 50.2. The van der Waals surface area contributed by atoms with E-state index in [1.165, 1.54) is 43.8 Å². The molecule has 216 valence electrons. The number of aromatic nitrogens is 3. The minimum Gasteiger partial charge on any atom is -0.292 e. The number of nitrogens with zero attached hydrogens (tertiary/aromatic N) is 3. The summed E-state index contributed by atoms with van der Waals surface area (Å²) < 4.78 is 2.38. The lowest BCUT2D eigenvalue weighted by Gasteiger charge is -2.22. The molecule has 0 unspecified atom stereocenters. The Morgan fingerprint density at radius 3 is 2.11 bits per heavy atom. The van der Waals surface area contributed by atoms with Crippen molar-refractivity contribution in [1.29, 1.82) is 0 Å². The van der Waals surface area contributed by atoms with Crippen molar-refractivity contribution in [3.8, 4) is 28.2 Å². The second-order valence-electron chi connectivity index (χ2n) is 13.0. The lowest BCUT2D eigenvalue weighted by molar-refractivity contribution is 0.666. The minimum absolute atomic E-state index is 0.160. The standard InChI is InChI=1S/C43H29N3/c1-43(2)34-19-11-10-18-31(34)32-21-23-36-38(39(32)43)33-24-28-15-6-7-16-29(28)25-37(33)46(36)42-40(27-13-4-3-5-14-27)45-41-30-17-9-8-12-26(30)20-22-35(41)44-42/h3-25H,1-2H3. The van der Waals surface area contributed by atoms with Crippen LogP contribution in [0.4, 0.5) is 0 Å². The van der Waals surface area contributed by atoms with E-state index in [1.54, 1.807) is 0 Å². The number of fused-ring (bicyclic) bond motifs is 11. The van der Waals surface area contributed by atoms with E-state index in [4.69, 9.17) is 9.97 Å². The molecule has 9 aromatic rings. The monoisotopic (exact) mass is 587 g/mol. The smallest absolute Gasteiger partial charge is 0.165 e. The molecule has 2 aromatic heterocycles. The van der Waals surface area contributed by atoms with E-state index < -0.39 is 0 Å². The molecule has 0 atom stereocenters. The second kappa shape index (κ2) is 9.12. The van der Waals surface area contributed by atoms with Gasteiger partial charge in [-0.15, -0.1) is 0 Å². The van der Waals surface area contributed by atoms with E-state index in [1.807, 2.05) is 0 Å². The Morgan fingerprint density at radius 1 is 0.543 bits per heavy atom. The normalized spacial score (nSPS) is 13.6. The van der Waals surface area contributed by atoms with Gasteiger partial charge < -0.3 is 0 Å². The second-order valence-corrected chi connectivity index (χ2v) is 13.0. The molecule has 0 saturated carbocycles. The van der Waals surface area contributed by atoms with Gasteiger partial charge in [-0.25, -0.2) is 9.97 Å². The van der Waals surface area contributed by atoms with Crippen LogP contribution in [0.25, 0.3) is 82.6 Å². The highest BCUT2D eigenvalue weighted by atomic mass is 15.1. The average molecular weight is 588 g/mol. The van der Waals surface area contributed by atoms with Gasteiger partial charge in [0.15, 0.2) is 5.82 Å². The third-order valence-electron chi connectivity index (χ3n) is 10.1. The Balaban J connectivity index is 1.41. The Morgan fingerprint density at radius 2 is 1.26 bits per heavy atom. The molecule has 1 aliphatic rings. The summed E-state index contributed by atoms with van der Waals surface area (Å²) in [5, 5.41) is 7.25. The first-order chi connectivity index (χ1) is 22.6. The SMILES string of the molecule is CC1(C)c2ccccc2-c2ccc3c(c21)c1cc2ccccc2cc1n3-c1nc2ccc3ccccc3c2nc1-c1ccccc1. The van der Waals surface area contributed by atoms with Crippen molar-refractivity contribution < 1.29 is 0 Å². The third-order valence-corrected chi connectivity index (χ3v) is 10.1. The van der Waals surface area contributed by atoms with Gasteiger partial charge in [-0.2, -0.15) is 0 Å².